The maximum Gasteiger partial charge on any atom is 0.118 e. The molecular weight excluding hydrogens is 254 g/mol. The van der Waals surface area contributed by atoms with Gasteiger partial charge in [0.05, 0.1) is 32.3 Å². The molecule has 2 aliphatic rings. The molecule has 1 aromatic carbocycles. The third kappa shape index (κ3) is 2.97. The van der Waals surface area contributed by atoms with Crippen LogP contribution in [0.3, 0.4) is 0 Å². The Morgan fingerprint density at radius 2 is 2.00 bits per heavy atom. The van der Waals surface area contributed by atoms with E-state index in [1.165, 1.54) is 18.4 Å². The maximum atomic E-state index is 9.60. The minimum absolute atomic E-state index is 0.0327. The van der Waals surface area contributed by atoms with Gasteiger partial charge in [-0.2, -0.15) is 0 Å². The predicted molar refractivity (Wildman–Crippen MR) is 76.8 cm³/mol. The Labute approximate surface area is 120 Å². The third-order valence-corrected chi connectivity index (χ3v) is 4.30. The molecule has 20 heavy (non-hydrogen) atoms. The van der Waals surface area contributed by atoms with Gasteiger partial charge in [0.1, 0.15) is 5.75 Å². The first-order valence-electron chi connectivity index (χ1n) is 7.30. The van der Waals surface area contributed by atoms with Gasteiger partial charge in [0.25, 0.3) is 0 Å². The van der Waals surface area contributed by atoms with Crippen molar-refractivity contribution in [1.29, 1.82) is 0 Å². The minimum Gasteiger partial charge on any atom is -0.497 e. The summed E-state index contributed by atoms with van der Waals surface area (Å²) in [5.74, 6) is 0.894. The van der Waals surface area contributed by atoms with Crippen molar-refractivity contribution < 1.29 is 14.6 Å². The fraction of sp³-hybridized carbons (Fsp3) is 0.625. The van der Waals surface area contributed by atoms with Gasteiger partial charge < -0.3 is 14.6 Å². The van der Waals surface area contributed by atoms with E-state index >= 15 is 0 Å². The lowest BCUT2D eigenvalue weighted by atomic mass is 9.86. The molecule has 1 aliphatic heterocycles. The minimum atomic E-state index is -0.0327. The highest BCUT2D eigenvalue weighted by atomic mass is 16.5. The van der Waals surface area contributed by atoms with Crippen LogP contribution in [-0.4, -0.2) is 49.5 Å². The Morgan fingerprint density at radius 1 is 1.30 bits per heavy atom. The molecule has 4 nitrogen and oxygen atoms in total. The fourth-order valence-corrected chi connectivity index (χ4v) is 2.77. The molecule has 110 valence electrons. The van der Waals surface area contributed by atoms with E-state index in [0.29, 0.717) is 19.3 Å². The number of aliphatic hydroxyl groups is 1. The number of rotatable bonds is 7. The summed E-state index contributed by atoms with van der Waals surface area (Å²) in [6.07, 6.45) is 2.55. The zero-order chi connectivity index (χ0) is 14.0. The average Bonchev–Trinajstić information content (AvgIpc) is 3.27. The van der Waals surface area contributed by atoms with Crippen LogP contribution < -0.4 is 4.74 Å². The molecule has 0 atom stereocenters. The second-order valence-corrected chi connectivity index (χ2v) is 6.14. The van der Waals surface area contributed by atoms with Gasteiger partial charge >= 0.3 is 0 Å². The van der Waals surface area contributed by atoms with E-state index < -0.39 is 0 Å². The summed E-state index contributed by atoms with van der Waals surface area (Å²) in [7, 11) is 1.69. The zero-order valence-corrected chi connectivity index (χ0v) is 12.0. The molecule has 0 unspecified atom stereocenters. The van der Waals surface area contributed by atoms with Crippen LogP contribution in [0.15, 0.2) is 24.3 Å². The second kappa shape index (κ2) is 5.72. The number of hydrogen-bond donors (Lipinski definition) is 1. The first kappa shape index (κ1) is 13.9. The topological polar surface area (TPSA) is 41.9 Å². The van der Waals surface area contributed by atoms with E-state index in [0.717, 1.165) is 18.8 Å². The molecule has 1 N–H and O–H groups in total. The van der Waals surface area contributed by atoms with E-state index in [1.54, 1.807) is 7.11 Å². The van der Waals surface area contributed by atoms with E-state index in [-0.39, 0.29) is 12.0 Å². The lowest BCUT2D eigenvalue weighted by molar-refractivity contribution is -0.150. The van der Waals surface area contributed by atoms with Crippen LogP contribution in [0.25, 0.3) is 0 Å². The van der Waals surface area contributed by atoms with Crippen molar-refractivity contribution in [2.75, 3.05) is 33.5 Å². The molecular formula is C16H23NO3. The smallest absolute Gasteiger partial charge is 0.118 e. The van der Waals surface area contributed by atoms with Crippen LogP contribution in [-0.2, 0) is 11.3 Å². The number of benzene rings is 1. The van der Waals surface area contributed by atoms with Gasteiger partial charge in [-0.3, -0.25) is 4.90 Å². The monoisotopic (exact) mass is 277 g/mol. The van der Waals surface area contributed by atoms with Crippen LogP contribution in [0.2, 0.25) is 0 Å². The van der Waals surface area contributed by atoms with Crippen molar-refractivity contribution >= 4 is 0 Å². The standard InChI is InChI=1S/C16H23NO3/c1-19-15-6-2-13(3-7-15)8-17(14-4-5-14)9-16(10-18)11-20-12-16/h2-3,6-7,14,18H,4-5,8-12H2,1H3. The Balaban J connectivity index is 1.64. The molecule has 4 heteroatoms. The molecule has 3 rings (SSSR count). The Kier molecular flexibility index (Phi) is 3.96. The van der Waals surface area contributed by atoms with E-state index in [4.69, 9.17) is 9.47 Å². The summed E-state index contributed by atoms with van der Waals surface area (Å²) in [5.41, 5.74) is 1.26. The molecule has 1 aliphatic carbocycles. The highest BCUT2D eigenvalue weighted by molar-refractivity contribution is 5.27. The largest absolute Gasteiger partial charge is 0.497 e. The van der Waals surface area contributed by atoms with E-state index in [9.17, 15) is 5.11 Å². The van der Waals surface area contributed by atoms with Crippen LogP contribution >= 0.6 is 0 Å². The van der Waals surface area contributed by atoms with Crippen LogP contribution in [0.4, 0.5) is 0 Å². The summed E-state index contributed by atoms with van der Waals surface area (Å²) in [4.78, 5) is 2.50. The van der Waals surface area contributed by atoms with E-state index in [2.05, 4.69) is 17.0 Å². The summed E-state index contributed by atoms with van der Waals surface area (Å²) in [6.45, 7) is 3.47. The molecule has 0 spiro atoms. The number of aliphatic hydroxyl groups excluding tert-OH is 1. The van der Waals surface area contributed by atoms with Crippen LogP contribution in [0.5, 0.6) is 5.75 Å². The van der Waals surface area contributed by atoms with Gasteiger partial charge in [-0.05, 0) is 30.5 Å². The van der Waals surface area contributed by atoms with Crippen molar-refractivity contribution in [2.24, 2.45) is 5.41 Å². The molecule has 0 bridgehead atoms. The fourth-order valence-electron chi connectivity index (χ4n) is 2.77. The highest BCUT2D eigenvalue weighted by Crippen LogP contribution is 2.35. The summed E-state index contributed by atoms with van der Waals surface area (Å²) in [5, 5.41) is 9.60. The van der Waals surface area contributed by atoms with Crippen molar-refractivity contribution in [2.45, 2.75) is 25.4 Å². The maximum absolute atomic E-state index is 9.60. The molecule has 1 aromatic rings. The van der Waals surface area contributed by atoms with Gasteiger partial charge in [0.2, 0.25) is 0 Å². The molecule has 1 saturated carbocycles. The van der Waals surface area contributed by atoms with Crippen molar-refractivity contribution in [1.82, 2.24) is 4.90 Å². The predicted octanol–water partition coefficient (Wildman–Crippen LogP) is 1.67. The van der Waals surface area contributed by atoms with Crippen molar-refractivity contribution in [3.63, 3.8) is 0 Å². The summed E-state index contributed by atoms with van der Waals surface area (Å²) < 4.78 is 10.5. The van der Waals surface area contributed by atoms with Gasteiger partial charge in [-0.15, -0.1) is 0 Å². The van der Waals surface area contributed by atoms with Gasteiger partial charge in [0, 0.05) is 19.1 Å². The molecule has 0 radical (unpaired) electrons. The molecule has 0 aromatic heterocycles. The van der Waals surface area contributed by atoms with Crippen LogP contribution in [0.1, 0.15) is 18.4 Å². The average molecular weight is 277 g/mol. The molecule has 0 amide bonds. The number of hydrogen-bond acceptors (Lipinski definition) is 4. The SMILES string of the molecule is COc1ccc(CN(CC2(CO)COC2)C2CC2)cc1. The first-order valence-corrected chi connectivity index (χ1v) is 7.30. The van der Waals surface area contributed by atoms with Gasteiger partial charge in [-0.25, -0.2) is 0 Å². The lowest BCUT2D eigenvalue weighted by Gasteiger charge is -2.43. The molecule has 2 fully saturated rings. The first-order chi connectivity index (χ1) is 9.74. The van der Waals surface area contributed by atoms with Crippen molar-refractivity contribution in [3.05, 3.63) is 29.8 Å². The molecule has 1 saturated heterocycles. The van der Waals surface area contributed by atoms with E-state index in [1.807, 2.05) is 12.1 Å². The zero-order valence-electron chi connectivity index (χ0n) is 12.0. The number of methoxy groups -OCH3 is 1. The highest BCUT2D eigenvalue weighted by Gasteiger charge is 2.42. The van der Waals surface area contributed by atoms with Gasteiger partial charge in [0.15, 0.2) is 0 Å². The second-order valence-electron chi connectivity index (χ2n) is 6.14. The number of ether oxygens (including phenoxy) is 2. The number of nitrogens with zero attached hydrogens (tertiary/aromatic N) is 1. The van der Waals surface area contributed by atoms with Crippen LogP contribution in [0, 0.1) is 5.41 Å². The summed E-state index contributed by atoms with van der Waals surface area (Å²) in [6, 6.07) is 8.94. The summed E-state index contributed by atoms with van der Waals surface area (Å²) >= 11 is 0. The normalized spacial score (nSPS) is 20.8. The van der Waals surface area contributed by atoms with Gasteiger partial charge in [-0.1, -0.05) is 12.1 Å². The molecule has 1 heterocycles. The Bertz CT molecular complexity index is 432. The van der Waals surface area contributed by atoms with Crippen molar-refractivity contribution in [3.8, 4) is 5.75 Å². The third-order valence-electron chi connectivity index (χ3n) is 4.30. The Morgan fingerprint density at radius 3 is 2.45 bits per heavy atom. The Hall–Kier alpha value is -1.10. The lowest BCUT2D eigenvalue weighted by Crippen LogP contribution is -2.53. The quantitative estimate of drug-likeness (QED) is 0.823.